The third kappa shape index (κ3) is 6.46. The van der Waals surface area contributed by atoms with Gasteiger partial charge in [-0.25, -0.2) is 13.1 Å². The summed E-state index contributed by atoms with van der Waals surface area (Å²) in [6.45, 7) is 1.78. The van der Waals surface area contributed by atoms with E-state index in [0.29, 0.717) is 5.02 Å². The van der Waals surface area contributed by atoms with E-state index in [4.69, 9.17) is 16.3 Å². The normalized spacial score (nSPS) is 12.4. The topological polar surface area (TPSA) is 89.5 Å². The van der Waals surface area contributed by atoms with Gasteiger partial charge in [-0.3, -0.25) is 9.59 Å². The zero-order valence-corrected chi connectivity index (χ0v) is 16.3. The first-order valence-electron chi connectivity index (χ1n) is 8.32. The second-order valence-electron chi connectivity index (χ2n) is 5.77. The predicted octanol–water partition coefficient (Wildman–Crippen LogP) is 2.75. The molecule has 0 saturated heterocycles. The lowest BCUT2D eigenvalue weighted by molar-refractivity contribution is -0.145. The summed E-state index contributed by atoms with van der Waals surface area (Å²) in [7, 11) is -3.97. The van der Waals surface area contributed by atoms with Gasteiger partial charge in [0.05, 0.1) is 17.5 Å². The second-order valence-corrected chi connectivity index (χ2v) is 7.92. The average Bonchev–Trinajstić information content (AvgIpc) is 2.62. The Bertz CT molecular complexity index is 882. The van der Waals surface area contributed by atoms with Crippen molar-refractivity contribution in [3.63, 3.8) is 0 Å². The summed E-state index contributed by atoms with van der Waals surface area (Å²) in [5, 5.41) is 0.396. The number of esters is 1. The van der Waals surface area contributed by atoms with Gasteiger partial charge in [-0.05, 0) is 43.2 Å². The van der Waals surface area contributed by atoms with Crippen molar-refractivity contribution < 1.29 is 22.7 Å². The highest BCUT2D eigenvalue weighted by atomic mass is 35.5. The maximum Gasteiger partial charge on any atom is 0.313 e. The average molecular weight is 410 g/mol. The largest absolute Gasteiger partial charge is 0.466 e. The monoisotopic (exact) mass is 409 g/mol. The number of sulfonamides is 1. The molecule has 144 valence electrons. The summed E-state index contributed by atoms with van der Waals surface area (Å²) in [4.78, 5) is 24.2. The zero-order valence-electron chi connectivity index (χ0n) is 14.7. The van der Waals surface area contributed by atoms with Crippen molar-refractivity contribution in [2.24, 2.45) is 0 Å². The van der Waals surface area contributed by atoms with E-state index in [9.17, 15) is 18.0 Å². The van der Waals surface area contributed by atoms with Gasteiger partial charge in [0.25, 0.3) is 0 Å². The lowest BCUT2D eigenvalue weighted by Gasteiger charge is -2.18. The predicted molar refractivity (Wildman–Crippen MR) is 102 cm³/mol. The van der Waals surface area contributed by atoms with E-state index in [0.717, 1.165) is 5.56 Å². The molecule has 0 aliphatic carbocycles. The van der Waals surface area contributed by atoms with E-state index >= 15 is 0 Å². The molecule has 1 N–H and O–H groups in total. The molecular formula is C19H20ClNO5S. The summed E-state index contributed by atoms with van der Waals surface area (Å²) in [6.07, 6.45) is -0.389. The first-order chi connectivity index (χ1) is 12.8. The first-order valence-corrected chi connectivity index (χ1v) is 10.2. The van der Waals surface area contributed by atoms with Gasteiger partial charge in [0.2, 0.25) is 10.0 Å². The van der Waals surface area contributed by atoms with Gasteiger partial charge in [0.15, 0.2) is 5.78 Å². The van der Waals surface area contributed by atoms with Crippen molar-refractivity contribution in [1.29, 1.82) is 0 Å². The van der Waals surface area contributed by atoms with E-state index in [1.54, 1.807) is 31.2 Å². The number of carbonyl (C=O) groups excluding carboxylic acids is 2. The van der Waals surface area contributed by atoms with Crippen molar-refractivity contribution >= 4 is 33.4 Å². The number of carbonyl (C=O) groups is 2. The lowest BCUT2D eigenvalue weighted by Crippen LogP contribution is -2.43. The van der Waals surface area contributed by atoms with Crippen LogP contribution in [0.2, 0.25) is 5.02 Å². The Labute approximate surface area is 163 Å². The third-order valence-electron chi connectivity index (χ3n) is 3.72. The Kier molecular flexibility index (Phi) is 7.53. The van der Waals surface area contributed by atoms with Crippen LogP contribution in [0.5, 0.6) is 0 Å². The maximum atomic E-state index is 12.6. The molecule has 1 atom stereocenters. The van der Waals surface area contributed by atoms with Crippen LogP contribution in [0.3, 0.4) is 0 Å². The maximum absolute atomic E-state index is 12.6. The van der Waals surface area contributed by atoms with E-state index < -0.39 is 34.2 Å². The highest BCUT2D eigenvalue weighted by Gasteiger charge is 2.27. The molecule has 1 unspecified atom stereocenters. The number of nitrogens with one attached hydrogen (secondary N) is 1. The number of benzene rings is 2. The van der Waals surface area contributed by atoms with Crippen molar-refractivity contribution in [3.8, 4) is 0 Å². The van der Waals surface area contributed by atoms with Gasteiger partial charge in [0, 0.05) is 5.02 Å². The van der Waals surface area contributed by atoms with E-state index in [2.05, 4.69) is 4.72 Å². The fourth-order valence-corrected chi connectivity index (χ4v) is 3.76. The molecule has 0 aliphatic rings. The summed E-state index contributed by atoms with van der Waals surface area (Å²) in [5.74, 6) is -1.25. The minimum atomic E-state index is -3.97. The van der Waals surface area contributed by atoms with Crippen LogP contribution in [0.25, 0.3) is 0 Å². The minimum absolute atomic E-state index is 0.0195. The Morgan fingerprint density at radius 1 is 1.07 bits per heavy atom. The summed E-state index contributed by atoms with van der Waals surface area (Å²) >= 11 is 5.79. The number of ether oxygens (including phenoxy) is 1. The van der Waals surface area contributed by atoms with Gasteiger partial charge in [-0.1, -0.05) is 41.9 Å². The molecule has 2 aromatic rings. The summed E-state index contributed by atoms with van der Waals surface area (Å²) in [6, 6.07) is 13.4. The van der Waals surface area contributed by atoms with E-state index in [1.165, 1.54) is 24.3 Å². The van der Waals surface area contributed by atoms with Gasteiger partial charge >= 0.3 is 5.97 Å². The standard InChI is InChI=1S/C19H20ClNO5S/c1-2-26-19(23)13-18(22)17(12-14-6-4-3-5-7-14)21-27(24,25)16-10-8-15(20)9-11-16/h3-11,17,21H,2,12-13H2,1H3. The molecule has 8 heteroatoms. The first kappa shape index (κ1) is 21.1. The molecular weight excluding hydrogens is 390 g/mol. The second kappa shape index (κ2) is 9.64. The molecule has 6 nitrogen and oxygen atoms in total. The van der Waals surface area contributed by atoms with Crippen molar-refractivity contribution in [2.45, 2.75) is 30.7 Å². The zero-order chi connectivity index (χ0) is 19.9. The summed E-state index contributed by atoms with van der Waals surface area (Å²) in [5.41, 5.74) is 0.763. The van der Waals surface area contributed by atoms with Crippen LogP contribution in [-0.4, -0.2) is 32.8 Å². The van der Waals surface area contributed by atoms with Crippen LogP contribution in [0.4, 0.5) is 0 Å². The number of ketones is 1. The molecule has 0 heterocycles. The molecule has 0 fully saturated rings. The van der Waals surface area contributed by atoms with E-state index in [-0.39, 0.29) is 17.9 Å². The number of rotatable bonds is 9. The molecule has 0 bridgehead atoms. The SMILES string of the molecule is CCOC(=O)CC(=O)C(Cc1ccccc1)NS(=O)(=O)c1ccc(Cl)cc1. The fraction of sp³-hybridized carbons (Fsp3) is 0.263. The van der Waals surface area contributed by atoms with Crippen LogP contribution in [0.1, 0.15) is 18.9 Å². The van der Waals surface area contributed by atoms with Crippen molar-refractivity contribution in [2.75, 3.05) is 6.61 Å². The smallest absolute Gasteiger partial charge is 0.313 e. The molecule has 27 heavy (non-hydrogen) atoms. The van der Waals surface area contributed by atoms with Gasteiger partial charge < -0.3 is 4.74 Å². The minimum Gasteiger partial charge on any atom is -0.466 e. The molecule has 2 aromatic carbocycles. The Morgan fingerprint density at radius 2 is 1.70 bits per heavy atom. The molecule has 0 aromatic heterocycles. The fourth-order valence-electron chi connectivity index (χ4n) is 2.42. The third-order valence-corrected chi connectivity index (χ3v) is 5.46. The highest BCUT2D eigenvalue weighted by molar-refractivity contribution is 7.89. The van der Waals surface area contributed by atoms with Crippen LogP contribution in [0, 0.1) is 0 Å². The summed E-state index contributed by atoms with van der Waals surface area (Å²) < 4.78 is 32.5. The number of Topliss-reactive ketones (excluding diaryl/α,β-unsaturated/α-hetero) is 1. The molecule has 0 saturated carbocycles. The van der Waals surface area contributed by atoms with Crippen LogP contribution in [-0.2, 0) is 30.8 Å². The van der Waals surface area contributed by atoms with Gasteiger partial charge in [-0.15, -0.1) is 0 Å². The molecule has 0 radical (unpaired) electrons. The van der Waals surface area contributed by atoms with Crippen molar-refractivity contribution in [1.82, 2.24) is 4.72 Å². The Balaban J connectivity index is 2.24. The van der Waals surface area contributed by atoms with E-state index in [1.807, 2.05) is 6.07 Å². The molecule has 0 aliphatic heterocycles. The quantitative estimate of drug-likeness (QED) is 0.508. The van der Waals surface area contributed by atoms with Crippen molar-refractivity contribution in [3.05, 3.63) is 65.2 Å². The van der Waals surface area contributed by atoms with Crippen LogP contribution >= 0.6 is 11.6 Å². The molecule has 0 amide bonds. The number of halogens is 1. The molecule has 0 spiro atoms. The van der Waals surface area contributed by atoms with Crippen LogP contribution in [0.15, 0.2) is 59.5 Å². The molecule has 2 rings (SSSR count). The Morgan fingerprint density at radius 3 is 2.30 bits per heavy atom. The lowest BCUT2D eigenvalue weighted by atomic mass is 10.0. The van der Waals surface area contributed by atoms with Gasteiger partial charge in [0.1, 0.15) is 6.42 Å². The Hall–Kier alpha value is -2.22. The number of hydrogen-bond acceptors (Lipinski definition) is 5. The highest BCUT2D eigenvalue weighted by Crippen LogP contribution is 2.16. The number of hydrogen-bond donors (Lipinski definition) is 1. The van der Waals surface area contributed by atoms with Gasteiger partial charge in [-0.2, -0.15) is 0 Å². The van der Waals surface area contributed by atoms with Crippen LogP contribution < -0.4 is 4.72 Å².